The minimum atomic E-state index is -0.744. The summed E-state index contributed by atoms with van der Waals surface area (Å²) >= 11 is 3.22. The highest BCUT2D eigenvalue weighted by Gasteiger charge is 2.43. The standard InChI is InChI=1S/C23H15BrN2O4/c24-19-14-15(11-12-20(19)27)13-18-21(28)25(16-7-3-1-4-8-16)23(30)26(22(18)29)17-9-5-2-6-10-17/h1-14,27H. The van der Waals surface area contributed by atoms with Crippen LogP contribution in [0.3, 0.4) is 0 Å². The molecule has 0 saturated carbocycles. The van der Waals surface area contributed by atoms with E-state index in [0.717, 1.165) is 9.80 Å². The third kappa shape index (κ3) is 3.51. The second-order valence-corrected chi connectivity index (χ2v) is 7.36. The number of aromatic hydroxyl groups is 1. The van der Waals surface area contributed by atoms with Gasteiger partial charge in [0.25, 0.3) is 11.8 Å². The van der Waals surface area contributed by atoms with Crippen LogP contribution >= 0.6 is 15.9 Å². The Labute approximate surface area is 180 Å². The zero-order valence-corrected chi connectivity index (χ0v) is 17.1. The summed E-state index contributed by atoms with van der Waals surface area (Å²) in [7, 11) is 0. The quantitative estimate of drug-likeness (QED) is 0.450. The molecule has 0 unspecified atom stereocenters. The summed E-state index contributed by atoms with van der Waals surface area (Å²) in [6, 6.07) is 20.7. The van der Waals surface area contributed by atoms with E-state index in [4.69, 9.17) is 0 Å². The van der Waals surface area contributed by atoms with Crippen LogP contribution in [0.15, 0.2) is 88.9 Å². The lowest BCUT2D eigenvalue weighted by atomic mass is 10.0. The minimum absolute atomic E-state index is 0.0328. The molecule has 4 amide bonds. The number of benzene rings is 3. The summed E-state index contributed by atoms with van der Waals surface area (Å²) in [6.45, 7) is 0. The molecule has 7 heteroatoms. The van der Waals surface area contributed by atoms with Gasteiger partial charge in [-0.25, -0.2) is 14.6 Å². The highest BCUT2D eigenvalue weighted by atomic mass is 79.9. The molecule has 1 aliphatic rings. The zero-order chi connectivity index (χ0) is 21.3. The molecule has 0 spiro atoms. The van der Waals surface area contributed by atoms with Crippen molar-refractivity contribution in [2.75, 3.05) is 9.80 Å². The van der Waals surface area contributed by atoms with Gasteiger partial charge in [0.05, 0.1) is 15.8 Å². The number of nitrogens with zero attached hydrogens (tertiary/aromatic N) is 2. The van der Waals surface area contributed by atoms with E-state index in [1.165, 1.54) is 12.1 Å². The first-order valence-electron chi connectivity index (χ1n) is 9.00. The van der Waals surface area contributed by atoms with Gasteiger partial charge in [0.1, 0.15) is 11.3 Å². The van der Waals surface area contributed by atoms with Crippen molar-refractivity contribution < 1.29 is 19.5 Å². The van der Waals surface area contributed by atoms with Gasteiger partial charge in [-0.1, -0.05) is 42.5 Å². The first kappa shape index (κ1) is 19.6. The van der Waals surface area contributed by atoms with Crippen molar-refractivity contribution in [1.29, 1.82) is 0 Å². The van der Waals surface area contributed by atoms with Crippen molar-refractivity contribution in [1.82, 2.24) is 0 Å². The van der Waals surface area contributed by atoms with E-state index in [1.54, 1.807) is 72.8 Å². The summed E-state index contributed by atoms with van der Waals surface area (Å²) in [5, 5.41) is 9.71. The van der Waals surface area contributed by atoms with Crippen molar-refractivity contribution in [2.45, 2.75) is 0 Å². The van der Waals surface area contributed by atoms with Gasteiger partial charge in [-0.15, -0.1) is 0 Å². The predicted octanol–water partition coefficient (Wildman–Crippen LogP) is 4.74. The molecular formula is C23H15BrN2O4. The number of hydrogen-bond donors (Lipinski definition) is 1. The number of carbonyl (C=O) groups is 3. The highest BCUT2D eigenvalue weighted by molar-refractivity contribution is 9.10. The first-order chi connectivity index (χ1) is 14.5. The Kier molecular flexibility index (Phi) is 5.20. The molecule has 3 aromatic carbocycles. The molecular weight excluding hydrogens is 448 g/mol. The fourth-order valence-electron chi connectivity index (χ4n) is 3.12. The fourth-order valence-corrected chi connectivity index (χ4v) is 3.52. The number of phenolic OH excluding ortho intramolecular Hbond substituents is 1. The van der Waals surface area contributed by atoms with Crippen molar-refractivity contribution in [3.63, 3.8) is 0 Å². The topological polar surface area (TPSA) is 77.9 Å². The second-order valence-electron chi connectivity index (χ2n) is 6.50. The van der Waals surface area contributed by atoms with E-state index >= 15 is 0 Å². The average Bonchev–Trinajstić information content (AvgIpc) is 2.75. The molecule has 6 nitrogen and oxygen atoms in total. The number of urea groups is 1. The van der Waals surface area contributed by atoms with Gasteiger partial charge in [0.15, 0.2) is 0 Å². The molecule has 148 valence electrons. The first-order valence-corrected chi connectivity index (χ1v) is 9.80. The lowest BCUT2D eigenvalue weighted by Crippen LogP contribution is -2.57. The van der Waals surface area contributed by atoms with E-state index in [2.05, 4.69) is 15.9 Å². The highest BCUT2D eigenvalue weighted by Crippen LogP contribution is 2.31. The normalized spacial score (nSPS) is 14.3. The maximum atomic E-state index is 13.2. The smallest absolute Gasteiger partial charge is 0.343 e. The monoisotopic (exact) mass is 462 g/mol. The Hall–Kier alpha value is -3.71. The van der Waals surface area contributed by atoms with Gasteiger partial charge >= 0.3 is 6.03 Å². The second kappa shape index (κ2) is 7.96. The molecule has 4 rings (SSSR count). The summed E-state index contributed by atoms with van der Waals surface area (Å²) in [5.74, 6) is -1.40. The van der Waals surface area contributed by atoms with E-state index < -0.39 is 17.8 Å². The summed E-state index contributed by atoms with van der Waals surface area (Å²) in [4.78, 5) is 41.6. The number of para-hydroxylation sites is 2. The molecule has 1 heterocycles. The maximum Gasteiger partial charge on any atom is 0.343 e. The van der Waals surface area contributed by atoms with Crippen LogP contribution < -0.4 is 9.80 Å². The molecule has 0 atom stereocenters. The van der Waals surface area contributed by atoms with E-state index in [9.17, 15) is 19.5 Å². The van der Waals surface area contributed by atoms with E-state index in [0.29, 0.717) is 21.4 Å². The molecule has 0 aromatic heterocycles. The lowest BCUT2D eigenvalue weighted by Gasteiger charge is -2.33. The Morgan fingerprint density at radius 2 is 1.23 bits per heavy atom. The zero-order valence-electron chi connectivity index (χ0n) is 15.5. The number of hydrogen-bond acceptors (Lipinski definition) is 4. The van der Waals surface area contributed by atoms with Crippen LogP contribution in [0.2, 0.25) is 0 Å². The van der Waals surface area contributed by atoms with Gasteiger partial charge in [0.2, 0.25) is 0 Å². The van der Waals surface area contributed by atoms with Gasteiger partial charge in [-0.2, -0.15) is 0 Å². The Balaban J connectivity index is 1.87. The predicted molar refractivity (Wildman–Crippen MR) is 117 cm³/mol. The molecule has 1 saturated heterocycles. The van der Waals surface area contributed by atoms with Gasteiger partial charge in [-0.05, 0) is 64.0 Å². The number of barbiturate groups is 1. The van der Waals surface area contributed by atoms with Crippen LogP contribution in [0.5, 0.6) is 5.75 Å². The summed E-state index contributed by atoms with van der Waals surface area (Å²) < 4.78 is 0.420. The fraction of sp³-hybridized carbons (Fsp3) is 0. The van der Waals surface area contributed by atoms with Crippen LogP contribution in [-0.2, 0) is 9.59 Å². The van der Waals surface area contributed by atoms with E-state index in [-0.39, 0.29) is 11.3 Å². The Morgan fingerprint density at radius 1 is 0.733 bits per heavy atom. The number of rotatable bonds is 3. The molecule has 0 aliphatic carbocycles. The maximum absolute atomic E-state index is 13.2. The molecule has 1 aliphatic heterocycles. The van der Waals surface area contributed by atoms with Crippen molar-refractivity contribution in [2.24, 2.45) is 0 Å². The number of anilines is 2. The number of halogens is 1. The minimum Gasteiger partial charge on any atom is -0.507 e. The Bertz CT molecular complexity index is 1110. The van der Waals surface area contributed by atoms with Crippen LogP contribution in [0.25, 0.3) is 6.08 Å². The van der Waals surface area contributed by atoms with Crippen LogP contribution in [-0.4, -0.2) is 23.0 Å². The number of carbonyl (C=O) groups excluding carboxylic acids is 3. The summed E-state index contributed by atoms with van der Waals surface area (Å²) in [5.41, 5.74) is 1.07. The van der Waals surface area contributed by atoms with E-state index in [1.807, 2.05) is 0 Å². The van der Waals surface area contributed by atoms with Gasteiger partial charge in [-0.3, -0.25) is 9.59 Å². The van der Waals surface area contributed by atoms with Crippen molar-refractivity contribution >= 4 is 51.2 Å². The molecule has 0 bridgehead atoms. The van der Waals surface area contributed by atoms with Gasteiger partial charge in [0, 0.05) is 0 Å². The van der Waals surface area contributed by atoms with Crippen molar-refractivity contribution in [3.8, 4) is 5.75 Å². The Morgan fingerprint density at radius 3 is 1.70 bits per heavy atom. The molecule has 0 radical (unpaired) electrons. The molecule has 1 fully saturated rings. The third-order valence-corrected chi connectivity index (χ3v) is 5.20. The largest absolute Gasteiger partial charge is 0.507 e. The SMILES string of the molecule is O=C1C(=Cc2ccc(O)c(Br)c2)C(=O)N(c2ccccc2)C(=O)N1c1ccccc1. The van der Waals surface area contributed by atoms with Gasteiger partial charge < -0.3 is 5.11 Å². The van der Waals surface area contributed by atoms with Crippen LogP contribution in [0.1, 0.15) is 5.56 Å². The number of amides is 4. The number of imide groups is 2. The van der Waals surface area contributed by atoms with Crippen LogP contribution in [0, 0.1) is 0 Å². The average molecular weight is 463 g/mol. The molecule has 3 aromatic rings. The summed E-state index contributed by atoms with van der Waals surface area (Å²) in [6.07, 6.45) is 1.41. The van der Waals surface area contributed by atoms with Crippen molar-refractivity contribution in [3.05, 3.63) is 94.5 Å². The molecule has 1 N–H and O–H groups in total. The lowest BCUT2D eigenvalue weighted by molar-refractivity contribution is -0.121. The number of phenols is 1. The molecule has 30 heavy (non-hydrogen) atoms. The third-order valence-electron chi connectivity index (χ3n) is 4.56. The van der Waals surface area contributed by atoms with Crippen LogP contribution in [0.4, 0.5) is 16.2 Å².